The van der Waals surface area contributed by atoms with Gasteiger partial charge in [-0.25, -0.2) is 4.79 Å². The van der Waals surface area contributed by atoms with Gasteiger partial charge in [0.2, 0.25) is 0 Å². The number of aliphatic hydroxyl groups is 1. The molecular formula is C23H42N2O5Si2. The van der Waals surface area contributed by atoms with E-state index in [-0.39, 0.29) is 17.2 Å². The lowest BCUT2D eigenvalue weighted by molar-refractivity contribution is -0.0513. The number of nitrogens with one attached hydrogen (secondary N) is 1. The molecule has 0 aliphatic carbocycles. The first-order valence-corrected chi connectivity index (χ1v) is 17.8. The number of hydrogen-bond acceptors (Lipinski definition) is 5. The molecule has 1 aromatic heterocycles. The van der Waals surface area contributed by atoms with Crippen molar-refractivity contribution in [3.8, 4) is 0 Å². The van der Waals surface area contributed by atoms with Crippen molar-refractivity contribution in [1.82, 2.24) is 9.55 Å². The largest absolute Gasteiger partial charge is 0.411 e. The standard InChI is InChI=1S/C23H42N2O5Si2/c1-11-12-23(28,31(6,7)8)14-18-17(30-32(9,10)22(3,4)5)13-19(29-18)25-15-16(2)20(26)24-21(25)27/h11,15,17-19,28H,1,12-14H2,2-10H3,(H,24,26,27)/t17-,18+,19+,23?/m0/s1. The number of ether oxygens (including phenoxy) is 1. The Kier molecular flexibility index (Phi) is 7.73. The molecule has 0 amide bonds. The quantitative estimate of drug-likeness (QED) is 0.430. The van der Waals surface area contributed by atoms with E-state index in [2.05, 4.69) is 65.1 Å². The monoisotopic (exact) mass is 482 g/mol. The summed E-state index contributed by atoms with van der Waals surface area (Å²) in [6, 6.07) is 0. The molecule has 1 unspecified atom stereocenters. The molecule has 9 heteroatoms. The fourth-order valence-electron chi connectivity index (χ4n) is 3.80. The van der Waals surface area contributed by atoms with E-state index in [1.807, 2.05) is 0 Å². The van der Waals surface area contributed by atoms with E-state index in [1.165, 1.54) is 4.57 Å². The van der Waals surface area contributed by atoms with Crippen molar-refractivity contribution < 1.29 is 14.3 Å². The first-order chi connectivity index (χ1) is 14.4. The summed E-state index contributed by atoms with van der Waals surface area (Å²) in [7, 11) is -4.14. The predicted octanol–water partition coefficient (Wildman–Crippen LogP) is 4.10. The molecule has 4 atom stereocenters. The maximum absolute atomic E-state index is 12.5. The van der Waals surface area contributed by atoms with Crippen LogP contribution in [0.1, 0.15) is 51.8 Å². The van der Waals surface area contributed by atoms with Gasteiger partial charge in [-0.1, -0.05) is 46.5 Å². The summed E-state index contributed by atoms with van der Waals surface area (Å²) in [5.74, 6) is 0. The Balaban J connectivity index is 2.45. The molecule has 2 rings (SSSR count). The molecule has 0 aromatic carbocycles. The van der Waals surface area contributed by atoms with Crippen LogP contribution in [0.25, 0.3) is 0 Å². The molecule has 0 bridgehead atoms. The van der Waals surface area contributed by atoms with Gasteiger partial charge in [-0.15, -0.1) is 6.58 Å². The van der Waals surface area contributed by atoms with E-state index in [4.69, 9.17) is 9.16 Å². The molecule has 182 valence electrons. The van der Waals surface area contributed by atoms with Crippen LogP contribution < -0.4 is 11.2 Å². The lowest BCUT2D eigenvalue weighted by atomic mass is 10.0. The Labute approximate surface area is 194 Å². The third-order valence-corrected chi connectivity index (χ3v) is 15.0. The van der Waals surface area contributed by atoms with Gasteiger partial charge in [0.1, 0.15) is 6.23 Å². The highest BCUT2D eigenvalue weighted by atomic mass is 28.4. The smallest absolute Gasteiger partial charge is 0.330 e. The number of aryl methyl sites for hydroxylation is 1. The topological polar surface area (TPSA) is 93.5 Å². The summed E-state index contributed by atoms with van der Waals surface area (Å²) in [6.45, 7) is 22.9. The van der Waals surface area contributed by atoms with Crippen LogP contribution in [0.5, 0.6) is 0 Å². The van der Waals surface area contributed by atoms with Crippen molar-refractivity contribution in [2.24, 2.45) is 0 Å². The number of aromatic amines is 1. The second-order valence-corrected chi connectivity index (χ2v) is 21.9. The van der Waals surface area contributed by atoms with Crippen LogP contribution in [0.15, 0.2) is 28.4 Å². The zero-order chi connectivity index (χ0) is 24.7. The maximum atomic E-state index is 12.5. The first kappa shape index (κ1) is 27.0. The Hall–Kier alpha value is -1.27. The average Bonchev–Trinajstić information content (AvgIpc) is 2.97. The van der Waals surface area contributed by atoms with Crippen molar-refractivity contribution in [3.63, 3.8) is 0 Å². The Morgan fingerprint density at radius 3 is 2.38 bits per heavy atom. The van der Waals surface area contributed by atoms with Crippen molar-refractivity contribution >= 4 is 16.4 Å². The Morgan fingerprint density at radius 2 is 1.88 bits per heavy atom. The molecule has 2 N–H and O–H groups in total. The molecule has 32 heavy (non-hydrogen) atoms. The second-order valence-electron chi connectivity index (χ2n) is 11.7. The third kappa shape index (κ3) is 5.62. The van der Waals surface area contributed by atoms with E-state index in [9.17, 15) is 14.7 Å². The minimum atomic E-state index is -2.13. The highest BCUT2D eigenvalue weighted by Gasteiger charge is 2.50. The fraction of sp³-hybridized carbons (Fsp3) is 0.739. The van der Waals surface area contributed by atoms with Gasteiger partial charge in [0.25, 0.3) is 5.56 Å². The van der Waals surface area contributed by atoms with Crippen molar-refractivity contribution in [1.29, 1.82) is 0 Å². The summed E-state index contributed by atoms with van der Waals surface area (Å²) in [5, 5.41) is 10.7. The van der Waals surface area contributed by atoms with Crippen LogP contribution in [0, 0.1) is 6.92 Å². The Bertz CT molecular complexity index is 941. The van der Waals surface area contributed by atoms with Crippen molar-refractivity contribution in [2.45, 2.75) is 108 Å². The van der Waals surface area contributed by atoms with E-state index >= 15 is 0 Å². The van der Waals surface area contributed by atoms with Gasteiger partial charge in [-0.3, -0.25) is 14.3 Å². The van der Waals surface area contributed by atoms with E-state index < -0.39 is 39.1 Å². The van der Waals surface area contributed by atoms with Gasteiger partial charge in [-0.05, 0) is 31.5 Å². The van der Waals surface area contributed by atoms with Gasteiger partial charge in [0.15, 0.2) is 8.32 Å². The molecule has 1 aliphatic rings. The summed E-state index contributed by atoms with van der Waals surface area (Å²) in [4.78, 5) is 26.7. The van der Waals surface area contributed by atoms with E-state index in [0.29, 0.717) is 24.8 Å². The van der Waals surface area contributed by atoms with Crippen molar-refractivity contribution in [3.05, 3.63) is 45.3 Å². The summed E-state index contributed by atoms with van der Waals surface area (Å²) >= 11 is 0. The fourth-order valence-corrected chi connectivity index (χ4v) is 6.73. The van der Waals surface area contributed by atoms with Gasteiger partial charge < -0.3 is 14.3 Å². The molecule has 1 fully saturated rings. The zero-order valence-electron chi connectivity index (χ0n) is 21.2. The molecule has 1 aliphatic heterocycles. The second kappa shape index (κ2) is 9.17. The van der Waals surface area contributed by atoms with Gasteiger partial charge >= 0.3 is 5.69 Å². The van der Waals surface area contributed by atoms with Crippen LogP contribution in [-0.2, 0) is 9.16 Å². The molecule has 7 nitrogen and oxygen atoms in total. The van der Waals surface area contributed by atoms with Crippen LogP contribution in [0.4, 0.5) is 0 Å². The Morgan fingerprint density at radius 1 is 1.28 bits per heavy atom. The van der Waals surface area contributed by atoms with Crippen molar-refractivity contribution in [2.75, 3.05) is 0 Å². The van der Waals surface area contributed by atoms with Crippen LogP contribution >= 0.6 is 0 Å². The predicted molar refractivity (Wildman–Crippen MR) is 134 cm³/mol. The van der Waals surface area contributed by atoms with E-state index in [0.717, 1.165) is 0 Å². The lowest BCUT2D eigenvalue weighted by Crippen LogP contribution is -2.55. The number of H-pyrrole nitrogens is 1. The number of hydrogen-bond donors (Lipinski definition) is 2. The summed E-state index contributed by atoms with van der Waals surface area (Å²) < 4.78 is 14.6. The maximum Gasteiger partial charge on any atom is 0.330 e. The summed E-state index contributed by atoms with van der Waals surface area (Å²) in [6.07, 6.45) is 3.51. The molecule has 2 heterocycles. The SMILES string of the molecule is C=CCC(O)(C[C@H]1O[C@@H](n2cc(C)c(=O)[nH]c2=O)C[C@@H]1O[Si](C)(C)C(C)(C)C)[Si](C)(C)C. The molecule has 0 radical (unpaired) electrons. The number of aromatic nitrogens is 2. The number of rotatable bonds is 8. The zero-order valence-corrected chi connectivity index (χ0v) is 23.2. The molecule has 0 saturated carbocycles. The lowest BCUT2D eigenvalue weighted by Gasteiger charge is -2.43. The van der Waals surface area contributed by atoms with Gasteiger partial charge in [0, 0.05) is 24.6 Å². The number of nitrogens with zero attached hydrogens (tertiary/aromatic N) is 1. The van der Waals surface area contributed by atoms with Crippen LogP contribution in [0.3, 0.4) is 0 Å². The molecule has 0 spiro atoms. The minimum absolute atomic E-state index is 0.0112. The summed E-state index contributed by atoms with van der Waals surface area (Å²) in [5.41, 5.74) is -0.443. The molecule has 1 saturated heterocycles. The normalized spacial score (nSPS) is 24.4. The molecule has 1 aromatic rings. The van der Waals surface area contributed by atoms with Gasteiger partial charge in [-0.2, -0.15) is 0 Å². The highest BCUT2D eigenvalue weighted by molar-refractivity contribution is 6.79. The highest BCUT2D eigenvalue weighted by Crippen LogP contribution is 2.43. The minimum Gasteiger partial charge on any atom is -0.411 e. The van der Waals surface area contributed by atoms with Gasteiger partial charge in [0.05, 0.1) is 25.5 Å². The molecular weight excluding hydrogens is 440 g/mol. The van der Waals surface area contributed by atoms with Crippen LogP contribution in [0.2, 0.25) is 37.8 Å². The third-order valence-electron chi connectivity index (χ3n) is 7.31. The first-order valence-electron chi connectivity index (χ1n) is 11.4. The van der Waals surface area contributed by atoms with E-state index in [1.54, 1.807) is 19.2 Å². The van der Waals surface area contributed by atoms with Crippen LogP contribution in [-0.4, -0.2) is 48.5 Å². The average molecular weight is 483 g/mol.